The molecule has 0 aromatic heterocycles. The molecule has 0 rings (SSSR count). The van der Waals surface area contributed by atoms with Crippen LogP contribution in [-0.4, -0.2) is 31.1 Å². The predicted octanol–water partition coefficient (Wildman–Crippen LogP) is -1.23. The van der Waals surface area contributed by atoms with Gasteiger partial charge < -0.3 is 15.2 Å². The van der Waals surface area contributed by atoms with Crippen molar-refractivity contribution < 1.29 is 11.3 Å². The lowest BCUT2D eigenvalue weighted by Gasteiger charge is -2.00. The fraction of sp³-hybridized carbons (Fsp3) is 0.750. The maximum atomic E-state index is 10.1. The second-order valence-corrected chi connectivity index (χ2v) is 1.14. The number of hydrogen-bond acceptors (Lipinski definition) is 3. The monoisotopic (exact) mass is 104 g/mol. The summed E-state index contributed by atoms with van der Waals surface area (Å²) in [5, 5.41) is 10.8. The SMILES string of the molecule is [2H]C(=O)[C@H](CO)NC. The zero-order chi connectivity index (χ0) is 6.57. The molecule has 7 heavy (non-hydrogen) atoms. The Morgan fingerprint density at radius 1 is 2.29 bits per heavy atom. The van der Waals surface area contributed by atoms with Gasteiger partial charge >= 0.3 is 0 Å². The van der Waals surface area contributed by atoms with Crippen molar-refractivity contribution in [1.29, 1.82) is 0 Å². The zero-order valence-electron chi connectivity index (χ0n) is 5.14. The number of carbonyl (C=O) groups excluding carboxylic acids is 1. The summed E-state index contributed by atoms with van der Waals surface area (Å²) in [6.07, 6.45) is -0.782. The summed E-state index contributed by atoms with van der Waals surface area (Å²) in [6, 6.07) is -0.713. The number of aldehydes is 1. The quantitative estimate of drug-likeness (QED) is 0.440. The van der Waals surface area contributed by atoms with Gasteiger partial charge in [-0.15, -0.1) is 0 Å². The molecular formula is C4H9NO2. The zero-order valence-corrected chi connectivity index (χ0v) is 4.14. The Labute approximate surface area is 43.7 Å². The standard InChI is InChI=1S/C4H9NO2/c1-5-4(2-6)3-7/h2,4-5,7H,3H2,1H3/t4-/m1/s1/i2D. The highest BCUT2D eigenvalue weighted by atomic mass is 16.3. The summed E-state index contributed by atoms with van der Waals surface area (Å²) in [6.45, 7) is -0.307. The highest BCUT2D eigenvalue weighted by Gasteiger charge is 1.96. The van der Waals surface area contributed by atoms with Crippen LogP contribution in [0, 0.1) is 0 Å². The third-order valence-corrected chi connectivity index (χ3v) is 0.673. The van der Waals surface area contributed by atoms with E-state index in [9.17, 15) is 4.79 Å². The van der Waals surface area contributed by atoms with E-state index < -0.39 is 12.3 Å². The summed E-state index contributed by atoms with van der Waals surface area (Å²) in [7, 11) is 1.52. The minimum Gasteiger partial charge on any atom is -0.394 e. The van der Waals surface area contributed by atoms with Gasteiger partial charge in [0.2, 0.25) is 0 Å². The molecule has 0 aromatic rings. The molecular weight excluding hydrogens is 94.0 g/mol. The smallest absolute Gasteiger partial charge is 0.139 e. The Kier molecular flexibility index (Phi) is 2.55. The van der Waals surface area contributed by atoms with Gasteiger partial charge in [-0.3, -0.25) is 0 Å². The molecule has 0 unspecified atom stereocenters. The van der Waals surface area contributed by atoms with Gasteiger partial charge in [-0.05, 0) is 7.05 Å². The number of carbonyl (C=O) groups is 1. The first-order valence-electron chi connectivity index (χ1n) is 2.51. The van der Waals surface area contributed by atoms with Crippen LogP contribution in [0.4, 0.5) is 0 Å². The molecule has 0 fully saturated rings. The summed E-state index contributed by atoms with van der Waals surface area (Å²) < 4.78 is 6.47. The van der Waals surface area contributed by atoms with Crippen LogP contribution >= 0.6 is 0 Å². The predicted molar refractivity (Wildman–Crippen MR) is 26.0 cm³/mol. The lowest BCUT2D eigenvalue weighted by molar-refractivity contribution is -0.110. The van der Waals surface area contributed by atoms with Gasteiger partial charge in [0.25, 0.3) is 0 Å². The molecule has 42 valence electrons. The normalized spacial score (nSPS) is 15.4. The Hall–Kier alpha value is -0.410. The minimum absolute atomic E-state index is 0.307. The number of aliphatic hydroxyl groups is 1. The Morgan fingerprint density at radius 2 is 2.86 bits per heavy atom. The van der Waals surface area contributed by atoms with Crippen LogP contribution in [0.2, 0.25) is 0 Å². The lowest BCUT2D eigenvalue weighted by Crippen LogP contribution is -2.29. The third-order valence-electron chi connectivity index (χ3n) is 0.673. The van der Waals surface area contributed by atoms with E-state index in [-0.39, 0.29) is 6.61 Å². The van der Waals surface area contributed by atoms with Gasteiger partial charge in [-0.2, -0.15) is 0 Å². The van der Waals surface area contributed by atoms with Gasteiger partial charge in [0, 0.05) is 0 Å². The Balaban J connectivity index is 3.52. The van der Waals surface area contributed by atoms with Crippen molar-refractivity contribution >= 4 is 6.26 Å². The largest absolute Gasteiger partial charge is 0.394 e. The van der Waals surface area contributed by atoms with Gasteiger partial charge in [0.05, 0.1) is 12.6 Å². The van der Waals surface area contributed by atoms with Gasteiger partial charge in [0.15, 0.2) is 0 Å². The van der Waals surface area contributed by atoms with Crippen LogP contribution in [0.25, 0.3) is 0 Å². The van der Waals surface area contributed by atoms with E-state index in [2.05, 4.69) is 5.32 Å². The van der Waals surface area contributed by atoms with Gasteiger partial charge in [-0.1, -0.05) is 0 Å². The molecule has 3 heteroatoms. The first-order valence-corrected chi connectivity index (χ1v) is 2.01. The molecule has 2 N–H and O–H groups in total. The molecule has 0 bridgehead atoms. The van der Waals surface area contributed by atoms with Crippen LogP contribution in [0.1, 0.15) is 1.37 Å². The minimum atomic E-state index is -0.782. The maximum Gasteiger partial charge on any atom is 0.139 e. The molecule has 0 aliphatic rings. The molecule has 3 nitrogen and oxygen atoms in total. The topological polar surface area (TPSA) is 49.3 Å². The number of aliphatic hydroxyl groups excluding tert-OH is 1. The molecule has 0 aliphatic carbocycles. The van der Waals surface area contributed by atoms with Crippen LogP contribution in [0.5, 0.6) is 0 Å². The average molecular weight is 104 g/mol. The second kappa shape index (κ2) is 3.77. The van der Waals surface area contributed by atoms with Crippen LogP contribution < -0.4 is 5.32 Å². The molecule has 0 heterocycles. The van der Waals surface area contributed by atoms with Gasteiger partial charge in [0.1, 0.15) is 7.63 Å². The summed E-state index contributed by atoms with van der Waals surface area (Å²) in [5.41, 5.74) is 0. The Bertz CT molecular complexity index is 82.1. The lowest BCUT2D eigenvalue weighted by atomic mass is 10.4. The molecule has 0 amide bonds. The van der Waals surface area contributed by atoms with E-state index in [4.69, 9.17) is 6.48 Å². The summed E-state index contributed by atoms with van der Waals surface area (Å²) >= 11 is 0. The highest BCUT2D eigenvalue weighted by Crippen LogP contribution is 1.67. The molecule has 0 saturated heterocycles. The average Bonchev–Trinajstić information content (AvgIpc) is 1.69. The number of rotatable bonds is 3. The number of hydrogen-bond donors (Lipinski definition) is 2. The highest BCUT2D eigenvalue weighted by molar-refractivity contribution is 5.57. The summed E-state index contributed by atoms with van der Waals surface area (Å²) in [5.74, 6) is 0. The molecule has 0 spiro atoms. The van der Waals surface area contributed by atoms with Crippen molar-refractivity contribution in [2.75, 3.05) is 13.7 Å². The Morgan fingerprint density at radius 3 is 2.86 bits per heavy atom. The third kappa shape index (κ3) is 2.31. The van der Waals surface area contributed by atoms with Crippen molar-refractivity contribution in [3.8, 4) is 0 Å². The van der Waals surface area contributed by atoms with Crippen molar-refractivity contribution in [3.05, 3.63) is 0 Å². The first-order chi connectivity index (χ1) is 3.72. The van der Waals surface area contributed by atoms with Crippen molar-refractivity contribution in [3.63, 3.8) is 0 Å². The van der Waals surface area contributed by atoms with Gasteiger partial charge in [-0.25, -0.2) is 0 Å². The van der Waals surface area contributed by atoms with Crippen LogP contribution in [-0.2, 0) is 4.79 Å². The van der Waals surface area contributed by atoms with E-state index in [0.717, 1.165) is 0 Å². The first kappa shape index (κ1) is 4.74. The molecule has 1 atom stereocenters. The second-order valence-electron chi connectivity index (χ2n) is 1.14. The van der Waals surface area contributed by atoms with Crippen molar-refractivity contribution in [2.45, 2.75) is 6.04 Å². The van der Waals surface area contributed by atoms with E-state index in [1.165, 1.54) is 7.05 Å². The van der Waals surface area contributed by atoms with E-state index in [0.29, 0.717) is 0 Å². The van der Waals surface area contributed by atoms with Crippen molar-refractivity contribution in [2.24, 2.45) is 0 Å². The van der Waals surface area contributed by atoms with Crippen molar-refractivity contribution in [1.82, 2.24) is 5.32 Å². The summed E-state index contributed by atoms with van der Waals surface area (Å²) in [4.78, 5) is 10.1. The van der Waals surface area contributed by atoms with Crippen LogP contribution in [0.15, 0.2) is 0 Å². The van der Waals surface area contributed by atoms with E-state index in [1.54, 1.807) is 0 Å². The molecule has 0 aromatic carbocycles. The van der Waals surface area contributed by atoms with Crippen LogP contribution in [0.3, 0.4) is 0 Å². The number of likely N-dealkylation sites (N-methyl/N-ethyl adjacent to an activating group) is 1. The van der Waals surface area contributed by atoms with E-state index in [1.807, 2.05) is 0 Å². The van der Waals surface area contributed by atoms with E-state index >= 15 is 0 Å². The molecule has 0 radical (unpaired) electrons. The number of nitrogens with one attached hydrogen (secondary N) is 1. The fourth-order valence-corrected chi connectivity index (χ4v) is 0.187. The fourth-order valence-electron chi connectivity index (χ4n) is 0.187. The molecule has 0 saturated carbocycles. The molecule has 0 aliphatic heterocycles. The maximum absolute atomic E-state index is 10.1.